The van der Waals surface area contributed by atoms with Gasteiger partial charge >= 0.3 is 6.09 Å². The lowest BCUT2D eigenvalue weighted by Gasteiger charge is -2.71. The molecule has 0 radical (unpaired) electrons. The zero-order chi connectivity index (χ0) is 32.9. The Kier molecular flexibility index (Phi) is 6.69. The number of nitrogens with zero attached hydrogens (tertiary/aromatic N) is 1. The first-order chi connectivity index (χ1) is 23.1. The summed E-state index contributed by atoms with van der Waals surface area (Å²) in [6.45, 7) is 6.11. The number of thiophene rings is 1. The van der Waals surface area contributed by atoms with Crippen molar-refractivity contribution in [2.24, 2.45) is 33.5 Å². The van der Waals surface area contributed by atoms with Gasteiger partial charge < -0.3 is 14.7 Å². The number of Topliss-reactive ketones (excluding diaryl/α,β-unsaturated/α-hetero) is 1. The van der Waals surface area contributed by atoms with Crippen LogP contribution in [0.5, 0.6) is 0 Å². The Morgan fingerprint density at radius 3 is 2.48 bits per heavy atom. The number of hydrogen-bond acceptors (Lipinski definition) is 5. The number of aliphatic hydroxyl groups excluding tert-OH is 1. The second-order valence-electron chi connectivity index (χ2n) is 16.1. The number of carbonyl (C=O) groups is 2. The standard InChI is InChI=1S/C42H45NO4S/c1-38-18-14-29(44)25-40(38)21-22-42(33(26-40)36(45)32-13-7-6-12-31(32)28-9-4-3-5-10-28)34(38)15-19-39(2)35(42)16-20-41(39)27-43(37(46)47-41)23-17-30-11-8-24-48-30/h3-13,21-22,24,26,29,34-35,44H,14-20,23,25,27H2,1-2H3. The third-order valence-electron chi connectivity index (χ3n) is 14.4. The summed E-state index contributed by atoms with van der Waals surface area (Å²) in [5.41, 5.74) is 1.93. The number of fused-ring (bicyclic) bond motifs is 2. The molecule has 6 heteroatoms. The molecular formula is C42H45NO4S. The molecule has 4 fully saturated rings. The highest BCUT2D eigenvalue weighted by molar-refractivity contribution is 7.09. The maximum Gasteiger partial charge on any atom is 0.410 e. The molecule has 1 amide bonds. The van der Waals surface area contributed by atoms with Crippen molar-refractivity contribution in [2.45, 2.75) is 76.9 Å². The summed E-state index contributed by atoms with van der Waals surface area (Å²) in [5, 5.41) is 13.2. The van der Waals surface area contributed by atoms with Crippen LogP contribution in [0.3, 0.4) is 0 Å². The molecule has 1 aliphatic heterocycles. The highest BCUT2D eigenvalue weighted by atomic mass is 32.1. The summed E-state index contributed by atoms with van der Waals surface area (Å²) >= 11 is 1.74. The van der Waals surface area contributed by atoms with Crippen molar-refractivity contribution in [1.82, 2.24) is 4.90 Å². The van der Waals surface area contributed by atoms with Gasteiger partial charge in [0.25, 0.3) is 0 Å². The van der Waals surface area contributed by atoms with Gasteiger partial charge in [-0.2, -0.15) is 0 Å². The fourth-order valence-electron chi connectivity index (χ4n) is 12.0. The van der Waals surface area contributed by atoms with Crippen LogP contribution >= 0.6 is 11.3 Å². The number of rotatable bonds is 6. The molecule has 48 heavy (non-hydrogen) atoms. The molecule has 2 heterocycles. The average Bonchev–Trinajstić information content (AvgIpc) is 3.81. The zero-order valence-electron chi connectivity index (χ0n) is 28.0. The van der Waals surface area contributed by atoms with E-state index in [-0.39, 0.29) is 46.1 Å². The molecule has 3 spiro atoms. The van der Waals surface area contributed by atoms with Crippen LogP contribution in [0.1, 0.15) is 74.0 Å². The van der Waals surface area contributed by atoms with E-state index in [1.54, 1.807) is 11.3 Å². The van der Waals surface area contributed by atoms with Crippen LogP contribution in [-0.2, 0) is 11.2 Å². The molecule has 248 valence electrons. The van der Waals surface area contributed by atoms with E-state index in [0.29, 0.717) is 19.5 Å². The van der Waals surface area contributed by atoms with Crippen LogP contribution in [0.4, 0.5) is 4.79 Å². The first kappa shape index (κ1) is 30.6. The summed E-state index contributed by atoms with van der Waals surface area (Å²) in [7, 11) is 0. The molecule has 1 aromatic heterocycles. The maximum atomic E-state index is 15.3. The molecule has 1 N–H and O–H groups in total. The van der Waals surface area contributed by atoms with Crippen molar-refractivity contribution in [1.29, 1.82) is 0 Å². The Morgan fingerprint density at radius 1 is 0.917 bits per heavy atom. The number of benzene rings is 2. The first-order valence-corrected chi connectivity index (χ1v) is 18.8. The van der Waals surface area contributed by atoms with E-state index >= 15 is 4.79 Å². The lowest BCUT2D eigenvalue weighted by atomic mass is 9.32. The van der Waals surface area contributed by atoms with Crippen molar-refractivity contribution in [2.75, 3.05) is 13.1 Å². The van der Waals surface area contributed by atoms with Gasteiger partial charge in [0.1, 0.15) is 5.60 Å². The molecule has 2 aromatic carbocycles. The van der Waals surface area contributed by atoms with Gasteiger partial charge in [0.15, 0.2) is 5.78 Å². The summed E-state index contributed by atoms with van der Waals surface area (Å²) in [6, 6.07) is 22.5. The van der Waals surface area contributed by atoms with Gasteiger partial charge in [0, 0.05) is 38.8 Å². The smallest absolute Gasteiger partial charge is 0.410 e. The summed E-state index contributed by atoms with van der Waals surface area (Å²) in [5.74, 6) is 0.540. The lowest BCUT2D eigenvalue weighted by Crippen LogP contribution is -2.67. The van der Waals surface area contributed by atoms with E-state index in [1.807, 2.05) is 41.3 Å². The van der Waals surface area contributed by atoms with Gasteiger partial charge in [-0.05, 0) is 91.2 Å². The number of ether oxygens (including phenoxy) is 1. The van der Waals surface area contributed by atoms with Crippen molar-refractivity contribution in [3.63, 3.8) is 0 Å². The Bertz CT molecular complexity index is 1850. The second kappa shape index (κ2) is 10.5. The molecule has 3 aromatic rings. The SMILES string of the molecule is CC12CCC(O)CC13C=CC1(C(C(=O)c4ccccc4-c4ccccc4)=C3)C2CCC2(C)C1CCC21CN(CCc2cccs2)C(=O)O1. The van der Waals surface area contributed by atoms with Crippen LogP contribution < -0.4 is 0 Å². The van der Waals surface area contributed by atoms with Gasteiger partial charge in [0.2, 0.25) is 0 Å². The molecule has 10 rings (SSSR count). The Labute approximate surface area is 287 Å². The number of allylic oxidation sites excluding steroid dienone is 4. The highest BCUT2D eigenvalue weighted by Crippen LogP contribution is 2.79. The Hall–Kier alpha value is -3.48. The summed E-state index contributed by atoms with van der Waals surface area (Å²) in [4.78, 5) is 32.1. The summed E-state index contributed by atoms with van der Waals surface area (Å²) in [6.07, 6.45) is 13.5. The van der Waals surface area contributed by atoms with Crippen molar-refractivity contribution in [3.8, 4) is 11.1 Å². The minimum Gasteiger partial charge on any atom is -0.440 e. The van der Waals surface area contributed by atoms with Gasteiger partial charge in [0.05, 0.1) is 12.6 Å². The van der Waals surface area contributed by atoms with Gasteiger partial charge in [-0.3, -0.25) is 4.79 Å². The van der Waals surface area contributed by atoms with Gasteiger partial charge in [-0.15, -0.1) is 11.3 Å². The summed E-state index contributed by atoms with van der Waals surface area (Å²) < 4.78 is 6.58. The van der Waals surface area contributed by atoms with E-state index in [9.17, 15) is 9.90 Å². The van der Waals surface area contributed by atoms with Crippen molar-refractivity contribution >= 4 is 23.2 Å². The number of carbonyl (C=O) groups excluding carboxylic acids is 2. The van der Waals surface area contributed by atoms with Gasteiger partial charge in [-0.25, -0.2) is 4.79 Å². The van der Waals surface area contributed by atoms with Gasteiger partial charge in [-0.1, -0.05) is 92.7 Å². The molecule has 8 atom stereocenters. The molecule has 6 aliphatic carbocycles. The average molecular weight is 660 g/mol. The molecule has 7 aliphatic rings. The Morgan fingerprint density at radius 2 is 1.67 bits per heavy atom. The lowest BCUT2D eigenvalue weighted by molar-refractivity contribution is -0.164. The van der Waals surface area contributed by atoms with Crippen LogP contribution in [0.2, 0.25) is 0 Å². The van der Waals surface area contributed by atoms with E-state index in [4.69, 9.17) is 4.74 Å². The first-order valence-electron chi connectivity index (χ1n) is 18.0. The monoisotopic (exact) mass is 659 g/mol. The predicted molar refractivity (Wildman–Crippen MR) is 189 cm³/mol. The minimum atomic E-state index is -0.566. The Balaban J connectivity index is 1.15. The zero-order valence-corrected chi connectivity index (χ0v) is 28.8. The second-order valence-corrected chi connectivity index (χ2v) is 17.2. The van der Waals surface area contributed by atoms with Crippen LogP contribution in [0, 0.1) is 33.5 Å². The number of amides is 1. The molecule has 8 unspecified atom stereocenters. The maximum absolute atomic E-state index is 15.3. The highest BCUT2D eigenvalue weighted by Gasteiger charge is 2.76. The quantitative estimate of drug-likeness (QED) is 0.212. The fraction of sp³-hybridized carbons (Fsp3) is 0.476. The molecular weight excluding hydrogens is 615 g/mol. The van der Waals surface area contributed by atoms with Crippen LogP contribution in [0.15, 0.2) is 95.9 Å². The van der Waals surface area contributed by atoms with E-state index in [1.165, 1.54) is 4.88 Å². The molecule has 3 saturated carbocycles. The van der Waals surface area contributed by atoms with E-state index in [0.717, 1.165) is 67.2 Å². The minimum absolute atomic E-state index is 0.0557. The molecule has 1 saturated heterocycles. The third-order valence-corrected chi connectivity index (χ3v) is 15.3. The van der Waals surface area contributed by atoms with E-state index in [2.05, 4.69) is 67.8 Å². The predicted octanol–water partition coefficient (Wildman–Crippen LogP) is 8.89. The van der Waals surface area contributed by atoms with Crippen molar-refractivity contribution < 1.29 is 19.4 Å². The molecule has 5 nitrogen and oxygen atoms in total. The number of ketones is 1. The topological polar surface area (TPSA) is 66.8 Å². The van der Waals surface area contributed by atoms with Crippen molar-refractivity contribution in [3.05, 3.63) is 106 Å². The molecule has 2 bridgehead atoms. The van der Waals surface area contributed by atoms with Crippen LogP contribution in [-0.4, -0.2) is 46.7 Å². The fourth-order valence-corrected chi connectivity index (χ4v) is 12.6. The third kappa shape index (κ3) is 3.93. The largest absolute Gasteiger partial charge is 0.440 e. The number of aliphatic hydroxyl groups is 1. The van der Waals surface area contributed by atoms with Crippen LogP contribution in [0.25, 0.3) is 11.1 Å². The van der Waals surface area contributed by atoms with E-state index < -0.39 is 11.0 Å². The number of hydrogen-bond donors (Lipinski definition) is 1. The normalized spacial score (nSPS) is 39.1.